The fourth-order valence-electron chi connectivity index (χ4n) is 2.55. The Morgan fingerprint density at radius 3 is 2.62 bits per heavy atom. The van der Waals surface area contributed by atoms with Crippen LogP contribution in [-0.2, 0) is 6.42 Å². The number of aromatic nitrogens is 1. The van der Waals surface area contributed by atoms with Crippen LogP contribution in [0.15, 0.2) is 24.5 Å². The lowest BCUT2D eigenvalue weighted by Crippen LogP contribution is -2.07. The molecule has 88 valence electrons. The average molecular weight is 217 g/mol. The number of nitrogens with zero attached hydrogens (tertiary/aromatic N) is 1. The van der Waals surface area contributed by atoms with E-state index in [4.69, 9.17) is 0 Å². The highest BCUT2D eigenvalue weighted by atomic mass is 14.6. The topological polar surface area (TPSA) is 12.9 Å². The van der Waals surface area contributed by atoms with Crippen molar-refractivity contribution in [2.45, 2.75) is 51.9 Å². The van der Waals surface area contributed by atoms with Crippen LogP contribution in [0.5, 0.6) is 0 Å². The summed E-state index contributed by atoms with van der Waals surface area (Å²) < 4.78 is 0. The predicted molar refractivity (Wildman–Crippen MR) is 68.3 cm³/mol. The molecular weight excluding hydrogens is 194 g/mol. The first kappa shape index (κ1) is 11.6. The van der Waals surface area contributed by atoms with E-state index in [1.54, 1.807) is 0 Å². The van der Waals surface area contributed by atoms with Gasteiger partial charge in [-0.15, -0.1) is 0 Å². The summed E-state index contributed by atoms with van der Waals surface area (Å²) in [7, 11) is 0. The van der Waals surface area contributed by atoms with Crippen molar-refractivity contribution in [2.75, 3.05) is 0 Å². The molecule has 0 spiro atoms. The molecule has 1 heterocycles. The third-order valence-electron chi connectivity index (χ3n) is 3.71. The lowest BCUT2D eigenvalue weighted by molar-refractivity contribution is 0.406. The van der Waals surface area contributed by atoms with Gasteiger partial charge in [0.2, 0.25) is 0 Å². The molecule has 1 aliphatic carbocycles. The molecule has 1 nitrogen and oxygen atoms in total. The third kappa shape index (κ3) is 3.62. The van der Waals surface area contributed by atoms with E-state index in [2.05, 4.69) is 24.0 Å². The van der Waals surface area contributed by atoms with Crippen LogP contribution < -0.4 is 0 Å². The summed E-state index contributed by atoms with van der Waals surface area (Å²) in [5.74, 6) is 1.97. The number of unbranched alkanes of at least 4 members (excludes halogenated alkanes) is 2. The molecule has 1 aromatic heterocycles. The Labute approximate surface area is 99.3 Å². The molecule has 1 aromatic rings. The number of rotatable bonds is 7. The monoisotopic (exact) mass is 217 g/mol. The van der Waals surface area contributed by atoms with Crippen molar-refractivity contribution in [1.29, 1.82) is 0 Å². The van der Waals surface area contributed by atoms with Crippen LogP contribution in [-0.4, -0.2) is 4.98 Å². The molecule has 1 heteroatoms. The maximum Gasteiger partial charge on any atom is 0.0270 e. The standard InChI is InChI=1S/C15H23N/c1-2-3-4-5-15(14-6-7-14)12-13-8-10-16-11-9-13/h8-11,14-15H,2-7,12H2,1H3. The van der Waals surface area contributed by atoms with Gasteiger partial charge in [0.15, 0.2) is 0 Å². The van der Waals surface area contributed by atoms with Gasteiger partial charge in [-0.2, -0.15) is 0 Å². The van der Waals surface area contributed by atoms with Gasteiger partial charge in [0.1, 0.15) is 0 Å². The highest BCUT2D eigenvalue weighted by molar-refractivity contribution is 5.11. The molecule has 1 atom stereocenters. The summed E-state index contributed by atoms with van der Waals surface area (Å²) in [5, 5.41) is 0. The van der Waals surface area contributed by atoms with E-state index in [0.29, 0.717) is 0 Å². The number of hydrogen-bond donors (Lipinski definition) is 0. The van der Waals surface area contributed by atoms with Crippen LogP contribution in [0, 0.1) is 11.8 Å². The van der Waals surface area contributed by atoms with Gasteiger partial charge in [0, 0.05) is 12.4 Å². The largest absolute Gasteiger partial charge is 0.265 e. The van der Waals surface area contributed by atoms with Crippen LogP contribution in [0.2, 0.25) is 0 Å². The molecule has 0 aromatic carbocycles. The molecule has 16 heavy (non-hydrogen) atoms. The Hall–Kier alpha value is -0.850. The Balaban J connectivity index is 1.83. The maximum absolute atomic E-state index is 4.09. The van der Waals surface area contributed by atoms with Crippen molar-refractivity contribution < 1.29 is 0 Å². The Kier molecular flexibility index (Phi) is 4.38. The molecule has 1 fully saturated rings. The van der Waals surface area contributed by atoms with Gasteiger partial charge in [0.25, 0.3) is 0 Å². The molecule has 0 radical (unpaired) electrons. The van der Waals surface area contributed by atoms with Crippen LogP contribution in [0.4, 0.5) is 0 Å². The quantitative estimate of drug-likeness (QED) is 0.623. The summed E-state index contributed by atoms with van der Waals surface area (Å²) in [6, 6.07) is 4.35. The second kappa shape index (κ2) is 6.03. The van der Waals surface area contributed by atoms with Crippen molar-refractivity contribution in [3.63, 3.8) is 0 Å². The molecule has 2 rings (SSSR count). The van der Waals surface area contributed by atoms with E-state index in [9.17, 15) is 0 Å². The van der Waals surface area contributed by atoms with Gasteiger partial charge < -0.3 is 0 Å². The van der Waals surface area contributed by atoms with Gasteiger partial charge >= 0.3 is 0 Å². The van der Waals surface area contributed by atoms with E-state index in [0.717, 1.165) is 11.8 Å². The molecule has 1 aliphatic rings. The summed E-state index contributed by atoms with van der Waals surface area (Å²) in [4.78, 5) is 4.09. The van der Waals surface area contributed by atoms with Crippen molar-refractivity contribution in [2.24, 2.45) is 11.8 Å². The third-order valence-corrected chi connectivity index (χ3v) is 3.71. The lowest BCUT2D eigenvalue weighted by Gasteiger charge is -2.15. The smallest absolute Gasteiger partial charge is 0.0270 e. The normalized spacial score (nSPS) is 17.3. The van der Waals surface area contributed by atoms with E-state index in [1.807, 2.05) is 12.4 Å². The first-order valence-electron chi connectivity index (χ1n) is 6.79. The van der Waals surface area contributed by atoms with E-state index < -0.39 is 0 Å². The van der Waals surface area contributed by atoms with Gasteiger partial charge in [0.05, 0.1) is 0 Å². The van der Waals surface area contributed by atoms with Gasteiger partial charge in [-0.1, -0.05) is 26.2 Å². The molecule has 0 amide bonds. The molecule has 0 aliphatic heterocycles. The SMILES string of the molecule is CCCCCC(Cc1ccncc1)C1CC1. The van der Waals surface area contributed by atoms with E-state index in [-0.39, 0.29) is 0 Å². The zero-order valence-corrected chi connectivity index (χ0v) is 10.4. The van der Waals surface area contributed by atoms with Gasteiger partial charge in [-0.25, -0.2) is 0 Å². The summed E-state index contributed by atoms with van der Waals surface area (Å²) in [6.07, 6.45) is 13.7. The zero-order valence-electron chi connectivity index (χ0n) is 10.4. The maximum atomic E-state index is 4.09. The van der Waals surface area contributed by atoms with E-state index in [1.165, 1.54) is 50.5 Å². The Morgan fingerprint density at radius 1 is 1.25 bits per heavy atom. The van der Waals surface area contributed by atoms with Crippen molar-refractivity contribution in [3.8, 4) is 0 Å². The van der Waals surface area contributed by atoms with Crippen molar-refractivity contribution in [3.05, 3.63) is 30.1 Å². The summed E-state index contributed by atoms with van der Waals surface area (Å²) in [5.41, 5.74) is 1.48. The lowest BCUT2D eigenvalue weighted by atomic mass is 9.90. The minimum atomic E-state index is 0.939. The summed E-state index contributed by atoms with van der Waals surface area (Å²) in [6.45, 7) is 2.29. The van der Waals surface area contributed by atoms with E-state index >= 15 is 0 Å². The first-order valence-corrected chi connectivity index (χ1v) is 6.79. The average Bonchev–Trinajstić information content (AvgIpc) is 3.13. The molecule has 0 saturated heterocycles. The second-order valence-corrected chi connectivity index (χ2v) is 5.15. The molecule has 1 unspecified atom stereocenters. The number of hydrogen-bond acceptors (Lipinski definition) is 1. The van der Waals surface area contributed by atoms with Gasteiger partial charge in [-0.05, 0) is 55.2 Å². The number of pyridine rings is 1. The highest BCUT2D eigenvalue weighted by Gasteiger charge is 2.30. The predicted octanol–water partition coefficient (Wildman–Crippen LogP) is 4.23. The zero-order chi connectivity index (χ0) is 11.2. The highest BCUT2D eigenvalue weighted by Crippen LogP contribution is 2.40. The van der Waals surface area contributed by atoms with Crippen molar-refractivity contribution in [1.82, 2.24) is 4.98 Å². The summed E-state index contributed by atoms with van der Waals surface area (Å²) >= 11 is 0. The molecule has 0 N–H and O–H groups in total. The molecule has 1 saturated carbocycles. The second-order valence-electron chi connectivity index (χ2n) is 5.15. The minimum Gasteiger partial charge on any atom is -0.265 e. The van der Waals surface area contributed by atoms with Crippen LogP contribution in [0.25, 0.3) is 0 Å². The van der Waals surface area contributed by atoms with Crippen molar-refractivity contribution >= 4 is 0 Å². The van der Waals surface area contributed by atoms with Gasteiger partial charge in [-0.3, -0.25) is 4.98 Å². The van der Waals surface area contributed by atoms with Crippen LogP contribution in [0.1, 0.15) is 51.0 Å². The Bertz CT molecular complexity index is 290. The Morgan fingerprint density at radius 2 is 2.00 bits per heavy atom. The fourth-order valence-corrected chi connectivity index (χ4v) is 2.55. The fraction of sp³-hybridized carbons (Fsp3) is 0.667. The molecule has 0 bridgehead atoms. The van der Waals surface area contributed by atoms with Crippen LogP contribution >= 0.6 is 0 Å². The van der Waals surface area contributed by atoms with Crippen LogP contribution in [0.3, 0.4) is 0 Å². The molecular formula is C15H23N. The first-order chi connectivity index (χ1) is 7.90. The minimum absolute atomic E-state index is 0.939.